The van der Waals surface area contributed by atoms with Crippen molar-refractivity contribution in [2.45, 2.75) is 83.5 Å². The van der Waals surface area contributed by atoms with Crippen molar-refractivity contribution < 1.29 is 38.1 Å². The van der Waals surface area contributed by atoms with Gasteiger partial charge in [-0.05, 0) is 83.6 Å². The van der Waals surface area contributed by atoms with E-state index >= 15 is 0 Å². The molecular weight excluding hydrogens is 507 g/mol. The molecule has 1 aromatic carbocycles. The van der Waals surface area contributed by atoms with E-state index in [2.05, 4.69) is 10.6 Å². The molecule has 216 valence electrons. The van der Waals surface area contributed by atoms with Crippen molar-refractivity contribution in [3.63, 3.8) is 0 Å². The Morgan fingerprint density at radius 1 is 1.08 bits per heavy atom. The van der Waals surface area contributed by atoms with Gasteiger partial charge in [0.1, 0.15) is 5.75 Å². The van der Waals surface area contributed by atoms with Crippen LogP contribution >= 0.6 is 0 Å². The van der Waals surface area contributed by atoms with Crippen LogP contribution in [0.5, 0.6) is 11.5 Å². The average molecular weight is 549 g/mol. The first-order chi connectivity index (χ1) is 18.4. The van der Waals surface area contributed by atoms with E-state index in [1.807, 2.05) is 13.8 Å². The van der Waals surface area contributed by atoms with Crippen LogP contribution in [0.15, 0.2) is 12.1 Å². The third-order valence-corrected chi connectivity index (χ3v) is 9.10. The van der Waals surface area contributed by atoms with E-state index in [0.717, 1.165) is 25.3 Å². The highest BCUT2D eigenvalue weighted by Gasteiger charge is 2.51. The summed E-state index contributed by atoms with van der Waals surface area (Å²) in [6.07, 6.45) is 4.20. The Balaban J connectivity index is 1.48. The number of fused-ring (bicyclic) bond motifs is 2. The fourth-order valence-corrected chi connectivity index (χ4v) is 6.31. The minimum Gasteiger partial charge on any atom is -0.496 e. The van der Waals surface area contributed by atoms with Crippen molar-refractivity contribution in [3.8, 4) is 11.5 Å². The third-order valence-electron chi connectivity index (χ3n) is 9.10. The van der Waals surface area contributed by atoms with Crippen LogP contribution in [0.1, 0.15) is 76.1 Å². The molecule has 10 heteroatoms. The lowest BCUT2D eigenvalue weighted by Crippen LogP contribution is -2.51. The molecule has 3 N–H and O–H groups in total. The maximum absolute atomic E-state index is 14.9. The van der Waals surface area contributed by atoms with Crippen LogP contribution in [0.3, 0.4) is 0 Å². The number of halogens is 1. The maximum atomic E-state index is 14.9. The number of aliphatic carboxylic acids is 1. The lowest BCUT2D eigenvalue weighted by molar-refractivity contribution is -0.150. The zero-order valence-electron chi connectivity index (χ0n) is 23.5. The number of carbonyl (C=O) groups excluding carboxylic acids is 2. The summed E-state index contributed by atoms with van der Waals surface area (Å²) in [6.45, 7) is 5.86. The van der Waals surface area contributed by atoms with Gasteiger partial charge in [0.2, 0.25) is 5.91 Å². The second-order valence-corrected chi connectivity index (χ2v) is 12.2. The van der Waals surface area contributed by atoms with Gasteiger partial charge in [-0.3, -0.25) is 14.4 Å². The molecule has 0 aliphatic heterocycles. The van der Waals surface area contributed by atoms with E-state index in [4.69, 9.17) is 14.2 Å². The van der Waals surface area contributed by atoms with Crippen LogP contribution in [-0.4, -0.2) is 61.4 Å². The van der Waals surface area contributed by atoms with Crippen molar-refractivity contribution in [3.05, 3.63) is 23.5 Å². The molecule has 0 spiro atoms. The monoisotopic (exact) mass is 548 g/mol. The minimum absolute atomic E-state index is 0.0745. The molecule has 39 heavy (non-hydrogen) atoms. The van der Waals surface area contributed by atoms with Gasteiger partial charge in [-0.2, -0.15) is 0 Å². The second kappa shape index (κ2) is 11.3. The number of carboxylic acids is 1. The molecule has 2 bridgehead atoms. The van der Waals surface area contributed by atoms with Crippen molar-refractivity contribution in [1.82, 2.24) is 10.6 Å². The second-order valence-electron chi connectivity index (χ2n) is 12.2. The summed E-state index contributed by atoms with van der Waals surface area (Å²) in [7, 11) is 2.97. The van der Waals surface area contributed by atoms with E-state index in [9.17, 15) is 23.9 Å². The molecule has 0 aromatic heterocycles. The van der Waals surface area contributed by atoms with Crippen molar-refractivity contribution >= 4 is 17.8 Å². The number of methoxy groups -OCH3 is 2. The Bertz CT molecular complexity index is 1100. The van der Waals surface area contributed by atoms with Crippen molar-refractivity contribution in [1.29, 1.82) is 0 Å². The summed E-state index contributed by atoms with van der Waals surface area (Å²) in [5, 5.41) is 15.5. The number of carboxylic acid groups (broad SMARTS) is 1. The van der Waals surface area contributed by atoms with E-state index in [1.165, 1.54) is 13.2 Å². The van der Waals surface area contributed by atoms with Gasteiger partial charge in [0.05, 0.1) is 35.7 Å². The highest BCUT2D eigenvalue weighted by molar-refractivity contribution is 5.98. The molecule has 2 amide bonds. The lowest BCUT2D eigenvalue weighted by Gasteiger charge is -2.34. The summed E-state index contributed by atoms with van der Waals surface area (Å²) in [6, 6.07) is 2.14. The molecule has 1 aromatic rings. The van der Waals surface area contributed by atoms with Crippen LogP contribution in [0, 0.1) is 29.0 Å². The molecule has 3 saturated carbocycles. The van der Waals surface area contributed by atoms with Gasteiger partial charge in [-0.15, -0.1) is 0 Å². The van der Waals surface area contributed by atoms with E-state index in [0.29, 0.717) is 32.2 Å². The zero-order chi connectivity index (χ0) is 28.5. The fourth-order valence-electron chi connectivity index (χ4n) is 6.31. The number of amides is 2. The van der Waals surface area contributed by atoms with Gasteiger partial charge >= 0.3 is 5.97 Å². The van der Waals surface area contributed by atoms with Crippen LogP contribution in [0.25, 0.3) is 0 Å². The summed E-state index contributed by atoms with van der Waals surface area (Å²) in [4.78, 5) is 38.3. The number of benzene rings is 1. The number of hydrogen-bond donors (Lipinski definition) is 3. The first-order valence-corrected chi connectivity index (χ1v) is 13.8. The first kappa shape index (κ1) is 29.1. The molecule has 4 unspecified atom stereocenters. The third kappa shape index (κ3) is 6.15. The van der Waals surface area contributed by atoms with Crippen LogP contribution in [-0.2, 0) is 14.3 Å². The molecular formula is C29H41FN2O7. The smallest absolute Gasteiger partial charge is 0.309 e. The molecule has 0 radical (unpaired) electrons. The number of hydrogen-bond acceptors (Lipinski definition) is 6. The van der Waals surface area contributed by atoms with Gasteiger partial charge in [0.25, 0.3) is 5.91 Å². The molecule has 4 rings (SSSR count). The number of carbonyl (C=O) groups is 3. The molecule has 3 aliphatic rings. The van der Waals surface area contributed by atoms with Crippen LogP contribution in [0.4, 0.5) is 4.39 Å². The van der Waals surface area contributed by atoms with Gasteiger partial charge in [-0.25, -0.2) is 4.39 Å². The molecule has 3 aliphatic carbocycles. The van der Waals surface area contributed by atoms with E-state index in [1.54, 1.807) is 14.0 Å². The van der Waals surface area contributed by atoms with Crippen LogP contribution in [0.2, 0.25) is 0 Å². The van der Waals surface area contributed by atoms with E-state index in [-0.39, 0.29) is 52.9 Å². The summed E-state index contributed by atoms with van der Waals surface area (Å²) in [5.41, 5.74) is -1.19. The molecule has 9 nitrogen and oxygen atoms in total. The number of nitrogens with one attached hydrogen (secondary N) is 2. The highest BCUT2D eigenvalue weighted by atomic mass is 19.1. The Kier molecular flexibility index (Phi) is 8.44. The van der Waals surface area contributed by atoms with Gasteiger partial charge in [0, 0.05) is 25.8 Å². The molecule has 0 heterocycles. The highest BCUT2D eigenvalue weighted by Crippen LogP contribution is 2.49. The largest absolute Gasteiger partial charge is 0.496 e. The first-order valence-electron chi connectivity index (χ1n) is 13.8. The molecule has 0 saturated heterocycles. The summed E-state index contributed by atoms with van der Waals surface area (Å²) in [5.74, 6) is -2.02. The fraction of sp³-hybridized carbons (Fsp3) is 0.690. The lowest BCUT2D eigenvalue weighted by atomic mass is 9.75. The van der Waals surface area contributed by atoms with Gasteiger partial charge in [0.15, 0.2) is 11.6 Å². The van der Waals surface area contributed by atoms with E-state index < -0.39 is 28.7 Å². The SMILES string of the molecule is COc1cc(F)c(OC2CCC(C)(C(=O)O)CC2)cc1C(=O)NC1C2CCC(C2)C1C(=O)NCC(C)(C)OC. The Hall–Kier alpha value is -2.88. The Morgan fingerprint density at radius 3 is 2.36 bits per heavy atom. The minimum atomic E-state index is -0.842. The average Bonchev–Trinajstić information content (AvgIpc) is 3.51. The standard InChI is InChI=1S/C29H41FN2O7/c1-28(2,38-5)15-31-26(34)23-16-6-7-17(12-16)24(23)32-25(33)19-13-22(20(30)14-21(19)37-4)39-18-8-10-29(3,11-9-18)27(35)36/h13-14,16-18,23-24H,6-12,15H2,1-5H3,(H,31,34)(H,32,33)(H,35,36). The van der Waals surface area contributed by atoms with Gasteiger partial charge in [-0.1, -0.05) is 0 Å². The topological polar surface area (TPSA) is 123 Å². The Morgan fingerprint density at radius 2 is 1.74 bits per heavy atom. The number of rotatable bonds is 10. The zero-order valence-corrected chi connectivity index (χ0v) is 23.5. The van der Waals surface area contributed by atoms with Crippen LogP contribution < -0.4 is 20.1 Å². The quantitative estimate of drug-likeness (QED) is 0.405. The number of ether oxygens (including phenoxy) is 3. The summed E-state index contributed by atoms with van der Waals surface area (Å²) < 4.78 is 31.6. The van der Waals surface area contributed by atoms with Crippen molar-refractivity contribution in [2.24, 2.45) is 23.2 Å². The van der Waals surface area contributed by atoms with Gasteiger partial charge < -0.3 is 30.0 Å². The predicted molar refractivity (Wildman–Crippen MR) is 141 cm³/mol. The summed E-state index contributed by atoms with van der Waals surface area (Å²) >= 11 is 0. The maximum Gasteiger partial charge on any atom is 0.309 e. The normalized spacial score (nSPS) is 30.1. The van der Waals surface area contributed by atoms with Crippen molar-refractivity contribution in [2.75, 3.05) is 20.8 Å². The Labute approximate surface area is 229 Å². The molecule has 4 atom stereocenters. The predicted octanol–water partition coefficient (Wildman–Crippen LogP) is 3.93. The molecule has 3 fully saturated rings.